The number of aromatic nitrogens is 1. The van der Waals surface area contributed by atoms with Gasteiger partial charge in [-0.05, 0) is 19.9 Å². The normalized spacial score (nSPS) is 14.4. The molecule has 2 amide bonds. The number of para-hydroxylation sites is 1. The van der Waals surface area contributed by atoms with E-state index in [2.05, 4.69) is 16.4 Å². The highest BCUT2D eigenvalue weighted by Crippen LogP contribution is 2.32. The monoisotopic (exact) mass is 287 g/mol. The molecule has 0 radical (unpaired) electrons. The van der Waals surface area contributed by atoms with Crippen molar-refractivity contribution in [1.29, 1.82) is 0 Å². The Bertz CT molecular complexity index is 675. The molecule has 1 aliphatic heterocycles. The summed E-state index contributed by atoms with van der Waals surface area (Å²) in [6.07, 6.45) is 0.846. The van der Waals surface area contributed by atoms with Crippen molar-refractivity contribution in [2.24, 2.45) is 0 Å². The number of urea groups is 1. The number of hydrogen-bond acceptors (Lipinski definition) is 2. The number of methoxy groups -OCH3 is 1. The molecule has 0 spiro atoms. The molecule has 1 aromatic carbocycles. The second-order valence-corrected chi connectivity index (χ2v) is 5.74. The van der Waals surface area contributed by atoms with E-state index in [1.54, 1.807) is 7.11 Å². The highest BCUT2D eigenvalue weighted by Gasteiger charge is 2.24. The van der Waals surface area contributed by atoms with E-state index in [-0.39, 0.29) is 12.1 Å². The number of hydrogen-bond donors (Lipinski definition) is 2. The van der Waals surface area contributed by atoms with E-state index in [0.29, 0.717) is 6.54 Å². The molecule has 2 N–H and O–H groups in total. The summed E-state index contributed by atoms with van der Waals surface area (Å²) in [5.41, 5.74) is 3.44. The lowest BCUT2D eigenvalue weighted by molar-refractivity contribution is 0.190. The van der Waals surface area contributed by atoms with Gasteiger partial charge in [0.05, 0.1) is 12.6 Å². The van der Waals surface area contributed by atoms with Gasteiger partial charge in [0.1, 0.15) is 5.75 Å². The van der Waals surface area contributed by atoms with Crippen LogP contribution in [0.15, 0.2) is 18.2 Å². The Hall–Kier alpha value is -2.17. The van der Waals surface area contributed by atoms with Crippen LogP contribution in [0.4, 0.5) is 4.79 Å². The minimum Gasteiger partial charge on any atom is -0.495 e. The van der Waals surface area contributed by atoms with Crippen molar-refractivity contribution in [2.45, 2.75) is 32.9 Å². The first-order valence-corrected chi connectivity index (χ1v) is 7.32. The maximum absolute atomic E-state index is 12.2. The molecular weight excluding hydrogens is 266 g/mol. The maximum Gasteiger partial charge on any atom is 0.317 e. The van der Waals surface area contributed by atoms with Crippen LogP contribution < -0.4 is 10.1 Å². The van der Waals surface area contributed by atoms with Crippen molar-refractivity contribution < 1.29 is 9.53 Å². The summed E-state index contributed by atoms with van der Waals surface area (Å²) < 4.78 is 5.41. The maximum atomic E-state index is 12.2. The molecule has 0 bridgehead atoms. The van der Waals surface area contributed by atoms with Gasteiger partial charge in [-0.2, -0.15) is 0 Å². The van der Waals surface area contributed by atoms with E-state index in [0.717, 1.165) is 29.6 Å². The highest BCUT2D eigenvalue weighted by atomic mass is 16.5. The predicted octanol–water partition coefficient (Wildman–Crippen LogP) is 2.65. The largest absolute Gasteiger partial charge is 0.495 e. The van der Waals surface area contributed by atoms with Crippen molar-refractivity contribution in [3.8, 4) is 5.75 Å². The molecule has 2 heterocycles. The average Bonchev–Trinajstić information content (AvgIpc) is 2.84. The summed E-state index contributed by atoms with van der Waals surface area (Å²) in [4.78, 5) is 17.5. The number of H-pyrrole nitrogens is 1. The third kappa shape index (κ3) is 2.44. The Morgan fingerprint density at radius 1 is 1.43 bits per heavy atom. The number of benzene rings is 1. The summed E-state index contributed by atoms with van der Waals surface area (Å²) in [7, 11) is 1.68. The standard InChI is InChI=1S/C16H21N3O2/c1-10(2)17-16(20)19-8-7-13-12(9-19)11-5-4-6-14(21-3)15(11)18-13/h4-6,10,18H,7-9H2,1-3H3,(H,17,20). The van der Waals surface area contributed by atoms with Crippen LogP contribution in [0.1, 0.15) is 25.1 Å². The first kappa shape index (κ1) is 13.8. The molecular formula is C16H21N3O2. The summed E-state index contributed by atoms with van der Waals surface area (Å²) >= 11 is 0. The average molecular weight is 287 g/mol. The number of nitrogens with one attached hydrogen (secondary N) is 2. The van der Waals surface area contributed by atoms with Crippen molar-refractivity contribution in [3.05, 3.63) is 29.5 Å². The molecule has 5 nitrogen and oxygen atoms in total. The summed E-state index contributed by atoms with van der Waals surface area (Å²) in [5.74, 6) is 0.847. The number of fused-ring (bicyclic) bond motifs is 3. The zero-order valence-electron chi connectivity index (χ0n) is 12.7. The molecule has 21 heavy (non-hydrogen) atoms. The molecule has 0 aliphatic carbocycles. The van der Waals surface area contributed by atoms with E-state index < -0.39 is 0 Å². The van der Waals surface area contributed by atoms with Gasteiger partial charge in [-0.3, -0.25) is 0 Å². The minimum absolute atomic E-state index is 0.00731. The zero-order valence-corrected chi connectivity index (χ0v) is 12.7. The first-order valence-electron chi connectivity index (χ1n) is 7.32. The number of carbonyl (C=O) groups excluding carboxylic acids is 1. The van der Waals surface area contributed by atoms with Gasteiger partial charge in [0.15, 0.2) is 0 Å². The minimum atomic E-state index is 0.00731. The fourth-order valence-electron chi connectivity index (χ4n) is 2.89. The predicted molar refractivity (Wildman–Crippen MR) is 82.6 cm³/mol. The van der Waals surface area contributed by atoms with Crippen LogP contribution >= 0.6 is 0 Å². The Morgan fingerprint density at radius 3 is 2.95 bits per heavy atom. The molecule has 0 unspecified atom stereocenters. The van der Waals surface area contributed by atoms with E-state index in [4.69, 9.17) is 4.74 Å². The Kier molecular flexibility index (Phi) is 3.49. The summed E-state index contributed by atoms with van der Waals surface area (Å²) in [5, 5.41) is 4.10. The fourth-order valence-corrected chi connectivity index (χ4v) is 2.89. The summed E-state index contributed by atoms with van der Waals surface area (Å²) in [6.45, 7) is 5.33. The number of nitrogens with zero attached hydrogens (tertiary/aromatic N) is 1. The van der Waals surface area contributed by atoms with E-state index in [1.807, 2.05) is 30.9 Å². The third-order valence-corrected chi connectivity index (χ3v) is 3.89. The number of aromatic amines is 1. The molecule has 0 saturated heterocycles. The van der Waals surface area contributed by atoms with Gasteiger partial charge in [-0.1, -0.05) is 12.1 Å². The number of ether oxygens (including phenoxy) is 1. The number of carbonyl (C=O) groups is 1. The first-order chi connectivity index (χ1) is 10.1. The van der Waals surface area contributed by atoms with Crippen LogP contribution in [0.25, 0.3) is 10.9 Å². The SMILES string of the molecule is COc1cccc2c3c([nH]c12)CCN(C(=O)NC(C)C)C3. The second kappa shape index (κ2) is 5.31. The third-order valence-electron chi connectivity index (χ3n) is 3.89. The quantitative estimate of drug-likeness (QED) is 0.892. The molecule has 112 valence electrons. The molecule has 0 atom stereocenters. The van der Waals surface area contributed by atoms with Gasteiger partial charge in [0.25, 0.3) is 0 Å². The van der Waals surface area contributed by atoms with E-state index in [9.17, 15) is 4.79 Å². The summed E-state index contributed by atoms with van der Waals surface area (Å²) in [6, 6.07) is 6.18. The Labute approximate surface area is 124 Å². The van der Waals surface area contributed by atoms with Crippen LogP contribution in [0.3, 0.4) is 0 Å². The van der Waals surface area contributed by atoms with Crippen molar-refractivity contribution in [2.75, 3.05) is 13.7 Å². The van der Waals surface area contributed by atoms with Gasteiger partial charge < -0.3 is 19.9 Å². The second-order valence-electron chi connectivity index (χ2n) is 5.74. The van der Waals surface area contributed by atoms with Crippen molar-refractivity contribution >= 4 is 16.9 Å². The topological polar surface area (TPSA) is 57.4 Å². The van der Waals surface area contributed by atoms with Crippen LogP contribution in [-0.2, 0) is 13.0 Å². The fraction of sp³-hybridized carbons (Fsp3) is 0.438. The van der Waals surface area contributed by atoms with E-state index in [1.165, 1.54) is 11.3 Å². The lowest BCUT2D eigenvalue weighted by Crippen LogP contribution is -2.45. The molecule has 1 aliphatic rings. The van der Waals surface area contributed by atoms with Gasteiger partial charge in [0, 0.05) is 42.2 Å². The number of amides is 2. The molecule has 0 saturated carbocycles. The number of rotatable bonds is 2. The van der Waals surface area contributed by atoms with Gasteiger partial charge >= 0.3 is 6.03 Å². The molecule has 1 aromatic heterocycles. The van der Waals surface area contributed by atoms with Gasteiger partial charge in [0.2, 0.25) is 0 Å². The zero-order chi connectivity index (χ0) is 15.0. The smallest absolute Gasteiger partial charge is 0.317 e. The lowest BCUT2D eigenvalue weighted by atomic mass is 10.0. The van der Waals surface area contributed by atoms with Gasteiger partial charge in [-0.25, -0.2) is 4.79 Å². The lowest BCUT2D eigenvalue weighted by Gasteiger charge is -2.28. The molecule has 3 rings (SSSR count). The van der Waals surface area contributed by atoms with Crippen LogP contribution in [0.5, 0.6) is 5.75 Å². The highest BCUT2D eigenvalue weighted by molar-refractivity contribution is 5.90. The van der Waals surface area contributed by atoms with E-state index >= 15 is 0 Å². The molecule has 2 aromatic rings. The Morgan fingerprint density at radius 2 is 2.24 bits per heavy atom. The van der Waals surface area contributed by atoms with Crippen molar-refractivity contribution in [1.82, 2.24) is 15.2 Å². The molecule has 0 fully saturated rings. The Balaban J connectivity index is 1.93. The van der Waals surface area contributed by atoms with Crippen molar-refractivity contribution in [3.63, 3.8) is 0 Å². The van der Waals surface area contributed by atoms with Crippen LogP contribution in [-0.4, -0.2) is 35.6 Å². The molecule has 5 heteroatoms. The van der Waals surface area contributed by atoms with Gasteiger partial charge in [-0.15, -0.1) is 0 Å². The van der Waals surface area contributed by atoms with Crippen LogP contribution in [0.2, 0.25) is 0 Å². The van der Waals surface area contributed by atoms with Crippen LogP contribution in [0, 0.1) is 0 Å².